The van der Waals surface area contributed by atoms with Gasteiger partial charge in [0.15, 0.2) is 0 Å². The Labute approximate surface area is 123 Å². The number of nitrogens with zero attached hydrogens (tertiary/aromatic N) is 1. The maximum atomic E-state index is 9.58. The first-order valence-corrected chi connectivity index (χ1v) is 7.82. The molecule has 0 aliphatic carbocycles. The van der Waals surface area contributed by atoms with Gasteiger partial charge in [0, 0.05) is 18.6 Å². The lowest BCUT2D eigenvalue weighted by atomic mass is 9.98. The number of fused-ring (bicyclic) bond motifs is 1. The van der Waals surface area contributed by atoms with Crippen LogP contribution >= 0.6 is 0 Å². The van der Waals surface area contributed by atoms with Crippen LogP contribution in [0.1, 0.15) is 37.8 Å². The first kappa shape index (κ1) is 15.5. The summed E-state index contributed by atoms with van der Waals surface area (Å²) in [7, 11) is 0. The van der Waals surface area contributed by atoms with Crippen molar-refractivity contribution in [2.24, 2.45) is 0 Å². The fourth-order valence-corrected chi connectivity index (χ4v) is 3.01. The second-order valence-corrected chi connectivity index (χ2v) is 6.15. The lowest BCUT2D eigenvalue weighted by Gasteiger charge is -2.31. The molecule has 0 aromatic heterocycles. The number of benzene rings is 1. The molecule has 0 bridgehead atoms. The Morgan fingerprint density at radius 3 is 2.75 bits per heavy atom. The number of nitrogens with one attached hydrogen (secondary N) is 1. The van der Waals surface area contributed by atoms with Crippen LogP contribution < -0.4 is 5.32 Å². The molecule has 1 aliphatic rings. The minimum Gasteiger partial charge on any atom is -0.394 e. The van der Waals surface area contributed by atoms with Gasteiger partial charge in [-0.25, -0.2) is 0 Å². The van der Waals surface area contributed by atoms with Crippen LogP contribution in [0.15, 0.2) is 24.3 Å². The molecule has 112 valence electrons. The van der Waals surface area contributed by atoms with Gasteiger partial charge in [-0.15, -0.1) is 0 Å². The van der Waals surface area contributed by atoms with Gasteiger partial charge in [0.25, 0.3) is 0 Å². The second-order valence-electron chi connectivity index (χ2n) is 6.15. The average Bonchev–Trinajstić information content (AvgIpc) is 2.67. The fourth-order valence-electron chi connectivity index (χ4n) is 3.01. The van der Waals surface area contributed by atoms with E-state index in [-0.39, 0.29) is 12.1 Å². The van der Waals surface area contributed by atoms with Gasteiger partial charge in [-0.3, -0.25) is 4.90 Å². The van der Waals surface area contributed by atoms with Crippen molar-refractivity contribution in [3.8, 4) is 0 Å². The Kier molecular flexibility index (Phi) is 5.58. The van der Waals surface area contributed by atoms with Crippen molar-refractivity contribution in [2.75, 3.05) is 26.2 Å². The summed E-state index contributed by atoms with van der Waals surface area (Å²) in [6.45, 7) is 8.55. The Morgan fingerprint density at radius 2 is 2.05 bits per heavy atom. The minimum absolute atomic E-state index is 0.152. The number of aliphatic hydroxyl groups is 1. The van der Waals surface area contributed by atoms with Gasteiger partial charge < -0.3 is 10.4 Å². The van der Waals surface area contributed by atoms with Gasteiger partial charge in [-0.1, -0.05) is 31.2 Å². The van der Waals surface area contributed by atoms with E-state index in [4.69, 9.17) is 0 Å². The van der Waals surface area contributed by atoms with E-state index in [2.05, 4.69) is 48.3 Å². The van der Waals surface area contributed by atoms with Gasteiger partial charge in [-0.2, -0.15) is 0 Å². The third-order valence-electron chi connectivity index (χ3n) is 4.37. The molecule has 0 fully saturated rings. The number of rotatable bonds is 6. The molecular weight excluding hydrogens is 248 g/mol. The molecule has 3 heteroatoms. The molecule has 1 unspecified atom stereocenters. The molecule has 20 heavy (non-hydrogen) atoms. The van der Waals surface area contributed by atoms with Crippen LogP contribution in [-0.2, 0) is 13.0 Å². The van der Waals surface area contributed by atoms with Gasteiger partial charge in [0.2, 0.25) is 0 Å². The van der Waals surface area contributed by atoms with E-state index in [0.29, 0.717) is 0 Å². The lowest BCUT2D eigenvalue weighted by Crippen LogP contribution is -2.47. The summed E-state index contributed by atoms with van der Waals surface area (Å²) in [4.78, 5) is 2.52. The molecule has 1 aromatic rings. The molecule has 0 saturated heterocycles. The Bertz CT molecular complexity index is 421. The van der Waals surface area contributed by atoms with Crippen LogP contribution in [0.4, 0.5) is 0 Å². The second kappa shape index (κ2) is 7.21. The summed E-state index contributed by atoms with van der Waals surface area (Å²) in [6, 6.07) is 8.79. The average molecular weight is 276 g/mol. The number of aliphatic hydroxyl groups excluding tert-OH is 1. The third kappa shape index (κ3) is 4.05. The van der Waals surface area contributed by atoms with Crippen LogP contribution in [-0.4, -0.2) is 41.8 Å². The van der Waals surface area contributed by atoms with Gasteiger partial charge in [0.05, 0.1) is 6.61 Å². The molecule has 0 amide bonds. The Balaban J connectivity index is 1.94. The van der Waals surface area contributed by atoms with E-state index >= 15 is 0 Å². The van der Waals surface area contributed by atoms with Gasteiger partial charge in [-0.05, 0) is 50.4 Å². The number of hydrogen-bond donors (Lipinski definition) is 2. The molecule has 2 N–H and O–H groups in total. The van der Waals surface area contributed by atoms with Crippen LogP contribution in [0.25, 0.3) is 0 Å². The summed E-state index contributed by atoms with van der Waals surface area (Å²) < 4.78 is 0. The van der Waals surface area contributed by atoms with Crippen LogP contribution in [0.5, 0.6) is 0 Å². The van der Waals surface area contributed by atoms with Crippen molar-refractivity contribution >= 4 is 0 Å². The number of likely N-dealkylation sites (N-methyl/N-ethyl adjacent to an activating group) is 1. The summed E-state index contributed by atoms with van der Waals surface area (Å²) >= 11 is 0. The zero-order valence-corrected chi connectivity index (χ0v) is 12.9. The summed E-state index contributed by atoms with van der Waals surface area (Å²) in [5, 5.41) is 13.0. The number of aryl methyl sites for hydroxylation is 1. The predicted molar refractivity (Wildman–Crippen MR) is 83.8 cm³/mol. The molecular formula is C17H28N2O. The predicted octanol–water partition coefficient (Wildman–Crippen LogP) is 2.19. The van der Waals surface area contributed by atoms with Crippen molar-refractivity contribution < 1.29 is 5.11 Å². The first-order valence-electron chi connectivity index (χ1n) is 7.82. The quantitative estimate of drug-likeness (QED) is 0.836. The topological polar surface area (TPSA) is 35.5 Å². The standard InChI is InChI=1S/C17H28N2O/c1-3-18-17(2,14-20)10-12-19-11-6-9-15-7-4-5-8-16(15)13-19/h4-5,7-8,18,20H,3,6,9-14H2,1-2H3. The maximum Gasteiger partial charge on any atom is 0.0611 e. The van der Waals surface area contributed by atoms with Crippen molar-refractivity contribution in [1.29, 1.82) is 0 Å². The third-order valence-corrected chi connectivity index (χ3v) is 4.37. The molecule has 0 spiro atoms. The molecule has 0 saturated carbocycles. The number of hydrogen-bond acceptors (Lipinski definition) is 3. The summed E-state index contributed by atoms with van der Waals surface area (Å²) in [5.74, 6) is 0. The Hall–Kier alpha value is -0.900. The van der Waals surface area contributed by atoms with Crippen molar-refractivity contribution in [1.82, 2.24) is 10.2 Å². The monoisotopic (exact) mass is 276 g/mol. The largest absolute Gasteiger partial charge is 0.394 e. The van der Waals surface area contributed by atoms with Crippen molar-refractivity contribution in [2.45, 2.75) is 45.2 Å². The highest BCUT2D eigenvalue weighted by molar-refractivity contribution is 5.28. The fraction of sp³-hybridized carbons (Fsp3) is 0.647. The van der Waals surface area contributed by atoms with Crippen LogP contribution in [0, 0.1) is 0 Å². The SMILES string of the molecule is CCNC(C)(CO)CCN1CCCc2ccccc2C1. The molecule has 1 aliphatic heterocycles. The van der Waals surface area contributed by atoms with Crippen molar-refractivity contribution in [3.05, 3.63) is 35.4 Å². The van der Waals surface area contributed by atoms with E-state index < -0.39 is 0 Å². The van der Waals surface area contributed by atoms with Crippen LogP contribution in [0.2, 0.25) is 0 Å². The zero-order chi connectivity index (χ0) is 14.4. The highest BCUT2D eigenvalue weighted by Crippen LogP contribution is 2.19. The molecule has 3 nitrogen and oxygen atoms in total. The Morgan fingerprint density at radius 1 is 1.30 bits per heavy atom. The first-order chi connectivity index (χ1) is 9.67. The van der Waals surface area contributed by atoms with Crippen molar-refractivity contribution in [3.63, 3.8) is 0 Å². The zero-order valence-electron chi connectivity index (χ0n) is 12.9. The maximum absolute atomic E-state index is 9.58. The van der Waals surface area contributed by atoms with Gasteiger partial charge >= 0.3 is 0 Å². The van der Waals surface area contributed by atoms with E-state index in [1.165, 1.54) is 24.0 Å². The van der Waals surface area contributed by atoms with E-state index in [1.807, 2.05) is 0 Å². The van der Waals surface area contributed by atoms with E-state index in [0.717, 1.165) is 32.6 Å². The minimum atomic E-state index is -0.152. The highest BCUT2D eigenvalue weighted by atomic mass is 16.3. The smallest absolute Gasteiger partial charge is 0.0611 e. The molecule has 2 rings (SSSR count). The van der Waals surface area contributed by atoms with E-state index in [9.17, 15) is 5.11 Å². The molecule has 0 radical (unpaired) electrons. The normalized spacial score (nSPS) is 19.1. The summed E-state index contributed by atoms with van der Waals surface area (Å²) in [6.07, 6.45) is 3.41. The van der Waals surface area contributed by atoms with E-state index in [1.54, 1.807) is 0 Å². The highest BCUT2D eigenvalue weighted by Gasteiger charge is 2.23. The van der Waals surface area contributed by atoms with Crippen LogP contribution in [0.3, 0.4) is 0 Å². The summed E-state index contributed by atoms with van der Waals surface area (Å²) in [5.41, 5.74) is 2.83. The molecule has 1 heterocycles. The lowest BCUT2D eigenvalue weighted by molar-refractivity contribution is 0.145. The molecule has 1 atom stereocenters. The molecule has 1 aromatic carbocycles. The van der Waals surface area contributed by atoms with Gasteiger partial charge in [0.1, 0.15) is 0 Å².